The fourth-order valence-electron chi connectivity index (χ4n) is 1.42. The highest BCUT2D eigenvalue weighted by molar-refractivity contribution is 5.80. The summed E-state index contributed by atoms with van der Waals surface area (Å²) in [5.41, 5.74) is 0.472. The molecule has 0 fully saturated rings. The van der Waals surface area contributed by atoms with Crippen LogP contribution in [0.1, 0.15) is 12.5 Å². The van der Waals surface area contributed by atoms with Crippen molar-refractivity contribution in [2.45, 2.75) is 19.5 Å². The van der Waals surface area contributed by atoms with Crippen LogP contribution in [0.4, 0.5) is 4.39 Å². The third-order valence-corrected chi connectivity index (χ3v) is 2.50. The molecule has 1 unspecified atom stereocenters. The van der Waals surface area contributed by atoms with Gasteiger partial charge >= 0.3 is 0 Å². The normalized spacial score (nSPS) is 12.0. The van der Waals surface area contributed by atoms with Gasteiger partial charge in [0.15, 0.2) is 11.6 Å². The van der Waals surface area contributed by atoms with Crippen molar-refractivity contribution in [3.8, 4) is 5.75 Å². The molecule has 0 aliphatic carbocycles. The second kappa shape index (κ2) is 6.20. The lowest BCUT2D eigenvalue weighted by Crippen LogP contribution is -2.40. The quantitative estimate of drug-likeness (QED) is 0.809. The molecule has 94 valence electrons. The van der Waals surface area contributed by atoms with Crippen LogP contribution < -0.4 is 15.4 Å². The van der Waals surface area contributed by atoms with Crippen LogP contribution in [0.3, 0.4) is 0 Å². The van der Waals surface area contributed by atoms with Crippen molar-refractivity contribution in [2.24, 2.45) is 0 Å². The SMILES string of the molecule is CNC(=O)C(C)NCc1cccc(OC)c1F. The summed E-state index contributed by atoms with van der Waals surface area (Å²) in [6, 6.07) is 4.55. The molecule has 0 bridgehead atoms. The summed E-state index contributed by atoms with van der Waals surface area (Å²) in [6.07, 6.45) is 0. The van der Waals surface area contributed by atoms with Gasteiger partial charge in [0.2, 0.25) is 5.91 Å². The molecule has 1 atom stereocenters. The fraction of sp³-hybridized carbons (Fsp3) is 0.417. The van der Waals surface area contributed by atoms with Gasteiger partial charge in [-0.3, -0.25) is 4.79 Å². The summed E-state index contributed by atoms with van der Waals surface area (Å²) >= 11 is 0. The van der Waals surface area contributed by atoms with E-state index in [4.69, 9.17) is 4.74 Å². The molecular weight excluding hydrogens is 223 g/mol. The maximum Gasteiger partial charge on any atom is 0.236 e. The summed E-state index contributed by atoms with van der Waals surface area (Å²) in [7, 11) is 2.98. The van der Waals surface area contributed by atoms with E-state index in [0.717, 1.165) is 0 Å². The Morgan fingerprint density at radius 1 is 1.53 bits per heavy atom. The second-order valence-corrected chi connectivity index (χ2v) is 3.65. The van der Waals surface area contributed by atoms with Crippen LogP contribution in [-0.2, 0) is 11.3 Å². The number of likely N-dealkylation sites (N-methyl/N-ethyl adjacent to an activating group) is 1. The van der Waals surface area contributed by atoms with Crippen molar-refractivity contribution in [3.63, 3.8) is 0 Å². The van der Waals surface area contributed by atoms with E-state index in [2.05, 4.69) is 10.6 Å². The number of hydrogen-bond acceptors (Lipinski definition) is 3. The zero-order valence-corrected chi connectivity index (χ0v) is 10.2. The van der Waals surface area contributed by atoms with Crippen LogP contribution in [-0.4, -0.2) is 26.1 Å². The highest BCUT2D eigenvalue weighted by Crippen LogP contribution is 2.19. The molecule has 17 heavy (non-hydrogen) atoms. The predicted octanol–water partition coefficient (Wildman–Crippen LogP) is 1.06. The summed E-state index contributed by atoms with van der Waals surface area (Å²) in [5, 5.41) is 5.45. The topological polar surface area (TPSA) is 50.4 Å². The van der Waals surface area contributed by atoms with Crippen molar-refractivity contribution in [1.29, 1.82) is 0 Å². The Balaban J connectivity index is 2.66. The molecule has 2 N–H and O–H groups in total. The van der Waals surface area contributed by atoms with Gasteiger partial charge in [-0.15, -0.1) is 0 Å². The number of carbonyl (C=O) groups is 1. The lowest BCUT2D eigenvalue weighted by atomic mass is 10.2. The van der Waals surface area contributed by atoms with Crippen LogP contribution in [0.25, 0.3) is 0 Å². The van der Waals surface area contributed by atoms with Gasteiger partial charge in [0.1, 0.15) is 0 Å². The number of methoxy groups -OCH3 is 1. The van der Waals surface area contributed by atoms with E-state index in [0.29, 0.717) is 5.56 Å². The minimum absolute atomic E-state index is 0.131. The third-order valence-electron chi connectivity index (χ3n) is 2.50. The molecule has 1 aromatic rings. The lowest BCUT2D eigenvalue weighted by Gasteiger charge is -2.13. The van der Waals surface area contributed by atoms with Crippen molar-refractivity contribution < 1.29 is 13.9 Å². The Bertz CT molecular complexity index is 396. The number of benzene rings is 1. The van der Waals surface area contributed by atoms with Gasteiger partial charge in [-0.05, 0) is 13.0 Å². The molecule has 5 heteroatoms. The van der Waals surface area contributed by atoms with Gasteiger partial charge in [-0.25, -0.2) is 4.39 Å². The Hall–Kier alpha value is -1.62. The molecular formula is C12H17FN2O2. The Morgan fingerprint density at radius 2 is 2.24 bits per heavy atom. The molecule has 0 heterocycles. The molecule has 1 aromatic carbocycles. The Kier molecular flexibility index (Phi) is 4.90. The first-order valence-corrected chi connectivity index (χ1v) is 5.36. The summed E-state index contributed by atoms with van der Waals surface area (Å²) in [6.45, 7) is 1.99. The van der Waals surface area contributed by atoms with Crippen LogP contribution >= 0.6 is 0 Å². The zero-order valence-electron chi connectivity index (χ0n) is 10.2. The molecule has 0 spiro atoms. The van der Waals surface area contributed by atoms with Gasteiger partial charge in [0, 0.05) is 19.2 Å². The molecule has 0 radical (unpaired) electrons. The van der Waals surface area contributed by atoms with E-state index in [1.807, 2.05) is 0 Å². The van der Waals surface area contributed by atoms with Crippen molar-refractivity contribution in [3.05, 3.63) is 29.6 Å². The smallest absolute Gasteiger partial charge is 0.236 e. The van der Waals surface area contributed by atoms with Crippen LogP contribution in [0, 0.1) is 5.82 Å². The average Bonchev–Trinajstić information content (AvgIpc) is 2.36. The van der Waals surface area contributed by atoms with E-state index in [1.54, 1.807) is 32.2 Å². The molecule has 0 saturated carbocycles. The minimum Gasteiger partial charge on any atom is -0.494 e. The fourth-order valence-corrected chi connectivity index (χ4v) is 1.42. The lowest BCUT2D eigenvalue weighted by molar-refractivity contribution is -0.122. The number of ether oxygens (including phenoxy) is 1. The highest BCUT2D eigenvalue weighted by atomic mass is 19.1. The van der Waals surface area contributed by atoms with Gasteiger partial charge in [-0.1, -0.05) is 12.1 Å². The number of carbonyl (C=O) groups excluding carboxylic acids is 1. The minimum atomic E-state index is -0.397. The number of nitrogens with one attached hydrogen (secondary N) is 2. The molecule has 1 rings (SSSR count). The number of rotatable bonds is 5. The molecule has 4 nitrogen and oxygen atoms in total. The average molecular weight is 240 g/mol. The molecule has 0 aromatic heterocycles. The Labute approximate surface area is 100 Å². The Morgan fingerprint density at radius 3 is 2.82 bits per heavy atom. The van der Waals surface area contributed by atoms with Crippen LogP contribution in [0.15, 0.2) is 18.2 Å². The summed E-state index contributed by atoms with van der Waals surface area (Å²) in [4.78, 5) is 11.2. The van der Waals surface area contributed by atoms with Crippen molar-refractivity contribution >= 4 is 5.91 Å². The van der Waals surface area contributed by atoms with Gasteiger partial charge in [-0.2, -0.15) is 0 Å². The summed E-state index contributed by atoms with van der Waals surface area (Å²) < 4.78 is 18.6. The maximum absolute atomic E-state index is 13.7. The van der Waals surface area contributed by atoms with Crippen molar-refractivity contribution in [2.75, 3.05) is 14.2 Å². The number of amides is 1. The van der Waals surface area contributed by atoms with Crippen LogP contribution in [0.5, 0.6) is 5.75 Å². The van der Waals surface area contributed by atoms with E-state index >= 15 is 0 Å². The van der Waals surface area contributed by atoms with Gasteiger partial charge in [0.25, 0.3) is 0 Å². The first-order chi connectivity index (χ1) is 8.10. The van der Waals surface area contributed by atoms with E-state index in [1.165, 1.54) is 7.11 Å². The van der Waals surface area contributed by atoms with Gasteiger partial charge in [0.05, 0.1) is 13.2 Å². The van der Waals surface area contributed by atoms with E-state index in [9.17, 15) is 9.18 Å². The number of hydrogen-bond donors (Lipinski definition) is 2. The van der Waals surface area contributed by atoms with E-state index in [-0.39, 0.29) is 24.2 Å². The van der Waals surface area contributed by atoms with E-state index < -0.39 is 5.82 Å². The second-order valence-electron chi connectivity index (χ2n) is 3.65. The highest BCUT2D eigenvalue weighted by Gasteiger charge is 2.12. The molecule has 0 aliphatic heterocycles. The summed E-state index contributed by atoms with van der Waals surface area (Å²) in [5.74, 6) is -0.322. The zero-order chi connectivity index (χ0) is 12.8. The predicted molar refractivity (Wildman–Crippen MR) is 63.3 cm³/mol. The maximum atomic E-state index is 13.7. The largest absolute Gasteiger partial charge is 0.494 e. The third kappa shape index (κ3) is 3.42. The van der Waals surface area contributed by atoms with Crippen molar-refractivity contribution in [1.82, 2.24) is 10.6 Å². The standard InChI is InChI=1S/C12H17FN2O2/c1-8(12(16)14-2)15-7-9-5-4-6-10(17-3)11(9)13/h4-6,8,15H,7H2,1-3H3,(H,14,16). The molecule has 0 saturated heterocycles. The first kappa shape index (κ1) is 13.4. The monoisotopic (exact) mass is 240 g/mol. The molecule has 0 aliphatic rings. The van der Waals surface area contributed by atoms with Gasteiger partial charge < -0.3 is 15.4 Å². The first-order valence-electron chi connectivity index (χ1n) is 5.36. The van der Waals surface area contributed by atoms with Crippen LogP contribution in [0.2, 0.25) is 0 Å². The molecule has 1 amide bonds. The number of halogens is 1.